The van der Waals surface area contributed by atoms with Gasteiger partial charge in [0.1, 0.15) is 11.6 Å². The molecule has 1 aromatic heterocycles. The monoisotopic (exact) mass is 450 g/mol. The van der Waals surface area contributed by atoms with Gasteiger partial charge in [-0.15, -0.1) is 0 Å². The van der Waals surface area contributed by atoms with Crippen molar-refractivity contribution < 1.29 is 27.4 Å². The number of aliphatic hydroxyl groups is 1. The smallest absolute Gasteiger partial charge is 0.422 e. The van der Waals surface area contributed by atoms with Crippen LogP contribution in [0.1, 0.15) is 31.2 Å². The van der Waals surface area contributed by atoms with Gasteiger partial charge < -0.3 is 14.8 Å². The molecule has 2 unspecified atom stereocenters. The lowest BCUT2D eigenvalue weighted by Crippen LogP contribution is -2.47. The van der Waals surface area contributed by atoms with Crippen molar-refractivity contribution >= 4 is 22.7 Å². The van der Waals surface area contributed by atoms with E-state index in [9.17, 15) is 27.5 Å². The number of alkyl halides is 3. The number of fused-ring (bicyclic) bond motifs is 1. The van der Waals surface area contributed by atoms with E-state index in [0.29, 0.717) is 17.2 Å². The van der Waals surface area contributed by atoms with Crippen LogP contribution in [-0.2, 0) is 0 Å². The average Bonchev–Trinajstić information content (AvgIpc) is 2.75. The highest BCUT2D eigenvalue weighted by molar-refractivity contribution is 5.93. The van der Waals surface area contributed by atoms with Gasteiger partial charge in [-0.2, -0.15) is 13.2 Å². The molecule has 0 amide bonds. The van der Waals surface area contributed by atoms with Crippen LogP contribution in [0.4, 0.5) is 23.2 Å². The molecule has 0 spiro atoms. The van der Waals surface area contributed by atoms with Crippen LogP contribution in [0.3, 0.4) is 0 Å². The average molecular weight is 450 g/mol. The van der Waals surface area contributed by atoms with Gasteiger partial charge in [0, 0.05) is 29.3 Å². The van der Waals surface area contributed by atoms with Gasteiger partial charge in [-0.05, 0) is 48.6 Å². The van der Waals surface area contributed by atoms with Crippen molar-refractivity contribution in [2.45, 2.75) is 37.5 Å². The maximum absolute atomic E-state index is 14.0. The van der Waals surface area contributed by atoms with E-state index in [1.54, 1.807) is 6.92 Å². The molecule has 0 aliphatic heterocycles. The molecular weight excluding hydrogens is 428 g/mol. The van der Waals surface area contributed by atoms with Crippen LogP contribution in [0, 0.1) is 5.82 Å². The van der Waals surface area contributed by atoms with Gasteiger partial charge in [0.2, 0.25) is 0 Å². The molecule has 0 fully saturated rings. The van der Waals surface area contributed by atoms with Crippen LogP contribution < -0.4 is 10.3 Å². The van der Waals surface area contributed by atoms with E-state index in [-0.39, 0.29) is 23.2 Å². The third-order valence-corrected chi connectivity index (χ3v) is 5.39. The molecule has 0 aliphatic carbocycles. The van der Waals surface area contributed by atoms with E-state index in [1.807, 2.05) is 0 Å². The fourth-order valence-corrected chi connectivity index (χ4v) is 3.61. The first-order valence-corrected chi connectivity index (χ1v) is 9.88. The third kappa shape index (κ3) is 4.67. The number of hydrogen-bond acceptors (Lipinski definition) is 4. The van der Waals surface area contributed by atoms with Crippen molar-refractivity contribution in [1.82, 2.24) is 4.98 Å². The quantitative estimate of drug-likeness (QED) is 0.381. The molecule has 9 heteroatoms. The van der Waals surface area contributed by atoms with Crippen LogP contribution in [0.2, 0.25) is 0 Å². The topological polar surface area (TPSA) is 74.7 Å². The van der Waals surface area contributed by atoms with Crippen LogP contribution >= 0.6 is 0 Å². The molecule has 170 valence electrons. The molecule has 0 aliphatic rings. The van der Waals surface area contributed by atoms with Gasteiger partial charge in [-0.25, -0.2) is 4.39 Å². The van der Waals surface area contributed by atoms with Gasteiger partial charge in [0.05, 0.1) is 12.8 Å². The van der Waals surface area contributed by atoms with Gasteiger partial charge >= 0.3 is 6.18 Å². The second-order valence-electron chi connectivity index (χ2n) is 7.42. The summed E-state index contributed by atoms with van der Waals surface area (Å²) in [6.45, 7) is 1.67. The zero-order chi connectivity index (χ0) is 23.5. The molecule has 0 radical (unpaired) electrons. The van der Waals surface area contributed by atoms with Crippen molar-refractivity contribution in [2.24, 2.45) is 4.99 Å². The SMILES string of the molecule is CCC(CC(O)(/C=N/c1cccc2c(=O)[nH]ccc12)C(F)(F)F)c1ccc(F)cc1OC. The molecular formula is C23H22F4N2O3. The van der Waals surface area contributed by atoms with Crippen LogP contribution in [0.25, 0.3) is 10.8 Å². The number of halogens is 4. The number of hydrogen-bond donors (Lipinski definition) is 2. The fraction of sp³-hybridized carbons (Fsp3) is 0.304. The van der Waals surface area contributed by atoms with Crippen LogP contribution in [0.5, 0.6) is 5.75 Å². The summed E-state index contributed by atoms with van der Waals surface area (Å²) in [4.78, 5) is 18.3. The Morgan fingerprint density at radius 2 is 1.94 bits per heavy atom. The van der Waals surface area contributed by atoms with Crippen molar-refractivity contribution in [3.63, 3.8) is 0 Å². The van der Waals surface area contributed by atoms with Crippen molar-refractivity contribution in [2.75, 3.05) is 7.11 Å². The highest BCUT2D eigenvalue weighted by Crippen LogP contribution is 2.41. The Labute approximate surface area is 181 Å². The number of nitrogens with one attached hydrogen (secondary N) is 1. The predicted octanol–water partition coefficient (Wildman–Crippen LogP) is 5.26. The summed E-state index contributed by atoms with van der Waals surface area (Å²) in [5, 5.41) is 11.3. The molecule has 2 aromatic carbocycles. The van der Waals surface area contributed by atoms with E-state index in [2.05, 4.69) is 9.98 Å². The summed E-state index contributed by atoms with van der Waals surface area (Å²) >= 11 is 0. The summed E-state index contributed by atoms with van der Waals surface area (Å²) in [5.74, 6) is -1.27. The summed E-state index contributed by atoms with van der Waals surface area (Å²) < 4.78 is 60.5. The van der Waals surface area contributed by atoms with E-state index >= 15 is 0 Å². The maximum atomic E-state index is 14.0. The minimum absolute atomic E-state index is 0.103. The highest BCUT2D eigenvalue weighted by Gasteiger charge is 2.53. The molecule has 3 aromatic rings. The lowest BCUT2D eigenvalue weighted by Gasteiger charge is -2.31. The Balaban J connectivity index is 2.03. The van der Waals surface area contributed by atoms with E-state index in [0.717, 1.165) is 12.1 Å². The zero-order valence-electron chi connectivity index (χ0n) is 17.4. The number of methoxy groups -OCH3 is 1. The molecule has 1 heterocycles. The molecule has 5 nitrogen and oxygen atoms in total. The van der Waals surface area contributed by atoms with Crippen molar-refractivity contribution in [3.8, 4) is 5.75 Å². The fourth-order valence-electron chi connectivity index (χ4n) is 3.61. The molecule has 32 heavy (non-hydrogen) atoms. The number of H-pyrrole nitrogens is 1. The number of nitrogens with zero attached hydrogens (tertiary/aromatic N) is 1. The Kier molecular flexibility index (Phi) is 6.68. The number of pyridine rings is 1. The third-order valence-electron chi connectivity index (χ3n) is 5.39. The molecule has 0 saturated heterocycles. The van der Waals surface area contributed by atoms with Gasteiger partial charge in [-0.1, -0.05) is 19.1 Å². The summed E-state index contributed by atoms with van der Waals surface area (Å²) in [6, 6.07) is 9.57. The van der Waals surface area contributed by atoms with E-state index in [1.165, 1.54) is 43.6 Å². The molecule has 2 N–H and O–H groups in total. The minimum Gasteiger partial charge on any atom is -0.496 e. The number of benzene rings is 2. The van der Waals surface area contributed by atoms with E-state index in [4.69, 9.17) is 4.74 Å². The Morgan fingerprint density at radius 1 is 1.19 bits per heavy atom. The van der Waals surface area contributed by atoms with Gasteiger partial charge in [0.15, 0.2) is 5.60 Å². The standard InChI is InChI=1S/C23H22F4N2O3/c1-3-14(16-8-7-15(24)11-20(16)32-2)12-22(31,23(25,26)27)13-29-19-6-4-5-18-17(19)9-10-28-21(18)30/h4-11,13-14,31H,3,12H2,1-2H3,(H,28,30)/b29-13+. The van der Waals surface area contributed by atoms with Gasteiger partial charge in [0.25, 0.3) is 5.56 Å². The first kappa shape index (κ1) is 23.5. The number of rotatable bonds is 7. The number of aliphatic imine (C=N–C) groups is 1. The van der Waals surface area contributed by atoms with Gasteiger partial charge in [-0.3, -0.25) is 9.79 Å². The van der Waals surface area contributed by atoms with E-state index < -0.39 is 35.5 Å². The largest absolute Gasteiger partial charge is 0.496 e. The van der Waals surface area contributed by atoms with Crippen molar-refractivity contribution in [3.05, 3.63) is 70.4 Å². The van der Waals surface area contributed by atoms with Crippen LogP contribution in [-0.4, -0.2) is 35.2 Å². The summed E-state index contributed by atoms with van der Waals surface area (Å²) in [7, 11) is 1.30. The van der Waals surface area contributed by atoms with Crippen LogP contribution in [0.15, 0.2) is 58.4 Å². The second kappa shape index (κ2) is 9.12. The summed E-state index contributed by atoms with van der Waals surface area (Å²) in [6.07, 6.45) is -3.71. The normalized spacial score (nSPS) is 15.1. The lowest BCUT2D eigenvalue weighted by atomic mass is 9.84. The molecule has 0 bridgehead atoms. The number of aromatic amines is 1. The number of ether oxygens (including phenoxy) is 1. The summed E-state index contributed by atoms with van der Waals surface area (Å²) in [5.41, 5.74) is -3.20. The Hall–Kier alpha value is -3.20. The first-order chi connectivity index (χ1) is 15.1. The Bertz CT molecular complexity index is 1190. The first-order valence-electron chi connectivity index (χ1n) is 9.88. The zero-order valence-corrected chi connectivity index (χ0v) is 17.4. The molecule has 2 atom stereocenters. The number of aromatic nitrogens is 1. The minimum atomic E-state index is -5.03. The molecule has 3 rings (SSSR count). The lowest BCUT2D eigenvalue weighted by molar-refractivity contribution is -0.232. The van der Waals surface area contributed by atoms with Crippen molar-refractivity contribution in [1.29, 1.82) is 0 Å². The predicted molar refractivity (Wildman–Crippen MR) is 114 cm³/mol. The second-order valence-corrected chi connectivity index (χ2v) is 7.42. The molecule has 0 saturated carbocycles. The Morgan fingerprint density at radius 3 is 2.59 bits per heavy atom. The maximum Gasteiger partial charge on any atom is 0.422 e. The highest BCUT2D eigenvalue weighted by atomic mass is 19.4.